The number of ether oxygens (including phenoxy) is 2. The average molecular weight is 600 g/mol. The third kappa shape index (κ3) is 5.92. The van der Waals surface area contributed by atoms with Gasteiger partial charge >= 0.3 is 7.82 Å². The molecule has 2 aromatic heterocycles. The topological polar surface area (TPSA) is 133 Å². The van der Waals surface area contributed by atoms with Crippen LogP contribution in [0.15, 0.2) is 35.5 Å². The van der Waals surface area contributed by atoms with E-state index in [1.165, 1.54) is 24.9 Å². The highest BCUT2D eigenvalue weighted by Gasteiger charge is 2.61. The zero-order valence-electron chi connectivity index (χ0n) is 22.2. The van der Waals surface area contributed by atoms with E-state index < -0.39 is 31.9 Å². The van der Waals surface area contributed by atoms with E-state index in [1.807, 2.05) is 24.3 Å². The van der Waals surface area contributed by atoms with E-state index in [4.69, 9.17) is 28.8 Å². The lowest BCUT2D eigenvalue weighted by Crippen LogP contribution is -2.44. The van der Waals surface area contributed by atoms with Crippen LogP contribution in [0.3, 0.4) is 0 Å². The summed E-state index contributed by atoms with van der Waals surface area (Å²) in [5, 5.41) is 0. The molecule has 2 fully saturated rings. The number of nitrogens with two attached hydrogens (primary N) is 1. The van der Waals surface area contributed by atoms with Crippen LogP contribution in [0.2, 0.25) is 0 Å². The number of methoxy groups -OCH3 is 1. The molecule has 0 amide bonds. The molecule has 2 aliphatic heterocycles. The van der Waals surface area contributed by atoms with Crippen LogP contribution in [0.1, 0.15) is 39.5 Å². The monoisotopic (exact) mass is 599 g/mol. The summed E-state index contributed by atoms with van der Waals surface area (Å²) in [6.45, 7) is 7.67. The lowest BCUT2D eigenvalue weighted by Gasteiger charge is -2.33. The van der Waals surface area contributed by atoms with Crippen LogP contribution >= 0.6 is 29.4 Å². The number of rotatable bonds is 8. The molecule has 15 heteroatoms. The summed E-state index contributed by atoms with van der Waals surface area (Å²) < 4.78 is 59.1. The maximum Gasteiger partial charge on any atom is 0.475 e. The fourth-order valence-electron chi connectivity index (χ4n) is 4.36. The van der Waals surface area contributed by atoms with E-state index in [0.29, 0.717) is 11.9 Å². The predicted molar refractivity (Wildman–Crippen MR) is 147 cm³/mol. The lowest BCUT2D eigenvalue weighted by molar-refractivity contribution is -0.0705. The second kappa shape index (κ2) is 10.8. The molecule has 5 atom stereocenters. The Morgan fingerprint density at radius 1 is 1.31 bits per heavy atom. The number of hydrogen-bond acceptors (Lipinski definition) is 12. The molecule has 0 radical (unpaired) electrons. The van der Waals surface area contributed by atoms with Gasteiger partial charge in [-0.2, -0.15) is 9.97 Å². The number of aromatic nitrogens is 4. The highest BCUT2D eigenvalue weighted by molar-refractivity contribution is 8.77. The summed E-state index contributed by atoms with van der Waals surface area (Å²) in [6, 6.07) is 7.96. The molecule has 212 valence electrons. The van der Waals surface area contributed by atoms with Gasteiger partial charge in [-0.3, -0.25) is 18.1 Å². The Hall–Kier alpha value is -1.93. The van der Waals surface area contributed by atoms with Crippen LogP contribution in [0.5, 0.6) is 5.88 Å². The Balaban J connectivity index is 1.28. The Morgan fingerprint density at radius 3 is 2.82 bits per heavy atom. The zero-order valence-corrected chi connectivity index (χ0v) is 24.7. The molecular formula is C24H31FN5O6PS2. The molecule has 0 saturated carbocycles. The van der Waals surface area contributed by atoms with Gasteiger partial charge in [0.05, 0.1) is 26.7 Å². The van der Waals surface area contributed by atoms with Crippen LogP contribution in [0, 0.1) is 0 Å². The minimum atomic E-state index is -4.05. The Kier molecular flexibility index (Phi) is 7.92. The number of fused-ring (bicyclic) bond motifs is 2. The molecular weight excluding hydrogens is 568 g/mol. The van der Waals surface area contributed by atoms with Gasteiger partial charge < -0.3 is 15.2 Å². The molecule has 2 saturated heterocycles. The minimum absolute atomic E-state index is 0.0634. The highest BCUT2D eigenvalue weighted by Crippen LogP contribution is 2.59. The van der Waals surface area contributed by atoms with Crippen molar-refractivity contribution in [2.75, 3.05) is 26.1 Å². The van der Waals surface area contributed by atoms with Crippen molar-refractivity contribution in [3.63, 3.8) is 0 Å². The first-order chi connectivity index (χ1) is 18.4. The standard InChI is InChI=1S/C24H31FN5O6PS2/c1-23(2,3)39-38-16-9-7-6-8-14(16)10-11-33-37(31)34-12-15-18(36-37)24(4,25)21(35-15)30-13-27-17-19(30)28-22(26)29-20(17)32-5/h6-9,13,15,18,21H,10-12H2,1-5H3,(H2,26,28,29)/t15-,18-,21-,24-,37?/m1/s1. The summed E-state index contributed by atoms with van der Waals surface area (Å²) in [5.41, 5.74) is 5.24. The largest absolute Gasteiger partial charge is 0.479 e. The number of benzene rings is 1. The number of nitrogen functional groups attached to an aromatic ring is 1. The van der Waals surface area contributed by atoms with Crippen molar-refractivity contribution in [2.45, 2.75) is 67.9 Å². The second-order valence-corrected chi connectivity index (χ2v) is 15.0. The minimum Gasteiger partial charge on any atom is -0.479 e. The van der Waals surface area contributed by atoms with E-state index >= 15 is 4.39 Å². The van der Waals surface area contributed by atoms with Crippen molar-refractivity contribution < 1.29 is 32.0 Å². The third-order valence-corrected chi connectivity index (χ3v) is 11.0. The number of nitrogens with zero attached hydrogens (tertiary/aromatic N) is 4. The smallest absolute Gasteiger partial charge is 0.475 e. The number of halogens is 1. The van der Waals surface area contributed by atoms with Gasteiger partial charge in [0.1, 0.15) is 12.2 Å². The van der Waals surface area contributed by atoms with Crippen LogP contribution in [0.4, 0.5) is 10.3 Å². The van der Waals surface area contributed by atoms with Crippen molar-refractivity contribution in [1.29, 1.82) is 0 Å². The SMILES string of the molecule is COc1nc(N)nc2c1ncn2[C@@H]1O[C@@H]2COP(=O)(OCCc3ccccc3SSC(C)(C)C)O[C@H]2[C@@]1(C)F. The summed E-state index contributed by atoms with van der Waals surface area (Å²) in [7, 11) is 0.817. The average Bonchev–Trinajstić information content (AvgIpc) is 3.40. The molecule has 4 heterocycles. The van der Waals surface area contributed by atoms with Crippen LogP contribution in [0.25, 0.3) is 11.2 Å². The Labute approximate surface area is 233 Å². The summed E-state index contributed by atoms with van der Waals surface area (Å²) in [5.74, 6) is 0.0909. The third-order valence-electron chi connectivity index (χ3n) is 6.15. The second-order valence-electron chi connectivity index (χ2n) is 10.3. The first-order valence-corrected chi connectivity index (χ1v) is 15.9. The van der Waals surface area contributed by atoms with E-state index in [1.54, 1.807) is 21.6 Å². The summed E-state index contributed by atoms with van der Waals surface area (Å²) in [4.78, 5) is 13.5. The molecule has 11 nitrogen and oxygen atoms in total. The Bertz CT molecular complexity index is 1400. The van der Waals surface area contributed by atoms with Crippen molar-refractivity contribution >= 4 is 46.5 Å². The maximum absolute atomic E-state index is 16.3. The number of anilines is 1. The fraction of sp³-hybridized carbons (Fsp3) is 0.542. The highest BCUT2D eigenvalue weighted by atomic mass is 33.1. The van der Waals surface area contributed by atoms with Gasteiger partial charge in [-0.25, -0.2) is 13.9 Å². The van der Waals surface area contributed by atoms with Crippen molar-refractivity contribution in [2.24, 2.45) is 0 Å². The van der Waals surface area contributed by atoms with Gasteiger partial charge in [0, 0.05) is 9.64 Å². The number of imidazole rings is 1. The first kappa shape index (κ1) is 28.6. The molecule has 0 bridgehead atoms. The predicted octanol–water partition coefficient (Wildman–Crippen LogP) is 5.36. The van der Waals surface area contributed by atoms with Crippen molar-refractivity contribution in [3.05, 3.63) is 36.2 Å². The Morgan fingerprint density at radius 2 is 2.08 bits per heavy atom. The zero-order chi connectivity index (χ0) is 28.0. The lowest BCUT2D eigenvalue weighted by atomic mass is 9.98. The van der Waals surface area contributed by atoms with Crippen molar-refractivity contribution in [3.8, 4) is 5.88 Å². The molecule has 0 aliphatic carbocycles. The molecule has 3 aromatic rings. The summed E-state index contributed by atoms with van der Waals surface area (Å²) in [6.07, 6.45) is -1.41. The fourth-order valence-corrected chi connectivity index (χ4v) is 8.08. The van der Waals surface area contributed by atoms with Crippen LogP contribution in [-0.2, 0) is 29.3 Å². The molecule has 5 rings (SSSR count). The van der Waals surface area contributed by atoms with Crippen molar-refractivity contribution in [1.82, 2.24) is 19.5 Å². The molecule has 2 N–H and O–H groups in total. The molecule has 39 heavy (non-hydrogen) atoms. The quantitative estimate of drug-likeness (QED) is 0.264. The maximum atomic E-state index is 16.3. The van der Waals surface area contributed by atoms with E-state index in [9.17, 15) is 4.57 Å². The van der Waals surface area contributed by atoms with E-state index in [0.717, 1.165) is 10.5 Å². The van der Waals surface area contributed by atoms with Gasteiger partial charge in [0.2, 0.25) is 11.8 Å². The van der Waals surface area contributed by atoms with E-state index in [2.05, 4.69) is 35.7 Å². The number of phosphoric ester groups is 1. The molecule has 2 aliphatic rings. The van der Waals surface area contributed by atoms with Gasteiger partial charge in [-0.05, 0) is 25.0 Å². The molecule has 1 unspecified atom stereocenters. The summed E-state index contributed by atoms with van der Waals surface area (Å²) >= 11 is 0. The van der Waals surface area contributed by atoms with Gasteiger partial charge in [-0.15, -0.1) is 0 Å². The number of alkyl halides is 1. The van der Waals surface area contributed by atoms with Gasteiger partial charge in [0.15, 0.2) is 23.1 Å². The van der Waals surface area contributed by atoms with Gasteiger partial charge in [0.25, 0.3) is 0 Å². The normalized spacial score (nSPS) is 29.0. The van der Waals surface area contributed by atoms with Crippen LogP contribution in [-0.4, -0.2) is 62.5 Å². The number of phosphoric acid groups is 1. The van der Waals surface area contributed by atoms with Gasteiger partial charge in [-0.1, -0.05) is 60.6 Å². The molecule has 0 spiro atoms. The first-order valence-electron chi connectivity index (χ1n) is 12.3. The van der Waals surface area contributed by atoms with E-state index in [-0.39, 0.29) is 35.4 Å². The van der Waals surface area contributed by atoms with Crippen LogP contribution < -0.4 is 10.5 Å². The number of hydrogen-bond donors (Lipinski definition) is 1. The molecule has 1 aromatic carbocycles.